The number of carboxylic acid groups (broad SMARTS) is 1. The van der Waals surface area contributed by atoms with Gasteiger partial charge in [-0.2, -0.15) is 5.10 Å². The molecule has 5 aromatic rings. The first-order valence-electron chi connectivity index (χ1n) is 13.0. The normalized spacial score (nSPS) is 13.3. The van der Waals surface area contributed by atoms with E-state index in [0.29, 0.717) is 10.8 Å². The number of hydrogen-bond donors (Lipinski definition) is 2. The Labute approximate surface area is 245 Å². The molecule has 2 heterocycles. The quantitative estimate of drug-likeness (QED) is 0.223. The van der Waals surface area contributed by atoms with E-state index in [9.17, 15) is 18.3 Å². The monoisotopic (exact) mass is 604 g/mol. The minimum atomic E-state index is -4.07. The Hall–Kier alpha value is -4.39. The van der Waals surface area contributed by atoms with Crippen LogP contribution in [0.4, 0.5) is 4.39 Å². The van der Waals surface area contributed by atoms with Crippen LogP contribution in [0.1, 0.15) is 46.1 Å². The lowest BCUT2D eigenvalue weighted by Gasteiger charge is -2.10. The molecule has 0 unspecified atom stereocenters. The summed E-state index contributed by atoms with van der Waals surface area (Å²) >= 11 is 1.17. The summed E-state index contributed by atoms with van der Waals surface area (Å²) in [6.45, 7) is 0. The molecule has 3 N–H and O–H groups in total. The van der Waals surface area contributed by atoms with Crippen LogP contribution in [-0.2, 0) is 16.4 Å². The third kappa shape index (κ3) is 5.43. The van der Waals surface area contributed by atoms with Crippen LogP contribution in [0.25, 0.3) is 27.5 Å². The second kappa shape index (κ2) is 10.8. The van der Waals surface area contributed by atoms with Gasteiger partial charge in [-0.05, 0) is 59.9 Å². The topological polar surface area (TPSA) is 137 Å². The molecule has 0 atom stereocenters. The van der Waals surface area contributed by atoms with Crippen LogP contribution in [0.3, 0.4) is 0 Å². The fourth-order valence-electron chi connectivity index (χ4n) is 4.94. The SMILES string of the molecule is COc1cccc(-c2cccc(-c3nn(-c4nc(C(=O)O)cs4)c(C4CC4)c3Cc3ccc(S(N)(=O)=O)cc3F)c2)c1. The number of aromatic nitrogens is 3. The largest absolute Gasteiger partial charge is 0.497 e. The number of rotatable bonds is 9. The van der Waals surface area contributed by atoms with E-state index in [1.165, 1.54) is 28.8 Å². The number of methoxy groups -OCH3 is 1. The first-order valence-corrected chi connectivity index (χ1v) is 15.4. The van der Waals surface area contributed by atoms with E-state index in [4.69, 9.17) is 15.0 Å². The van der Waals surface area contributed by atoms with Gasteiger partial charge in [0.25, 0.3) is 0 Å². The number of carboxylic acids is 1. The van der Waals surface area contributed by atoms with E-state index in [1.807, 2.05) is 48.5 Å². The van der Waals surface area contributed by atoms with Gasteiger partial charge in [0, 0.05) is 28.8 Å². The maximum Gasteiger partial charge on any atom is 0.355 e. The Kier molecular flexibility index (Phi) is 7.13. The van der Waals surface area contributed by atoms with Crippen molar-refractivity contribution in [2.45, 2.75) is 30.1 Å². The zero-order valence-electron chi connectivity index (χ0n) is 22.3. The molecule has 2 aromatic heterocycles. The number of sulfonamides is 1. The summed E-state index contributed by atoms with van der Waals surface area (Å²) in [5, 5.41) is 21.5. The summed E-state index contributed by atoms with van der Waals surface area (Å²) in [5.41, 5.74) is 5.03. The highest BCUT2D eigenvalue weighted by Crippen LogP contribution is 2.46. The molecule has 1 aliphatic rings. The Morgan fingerprint density at radius 3 is 2.45 bits per heavy atom. The zero-order valence-corrected chi connectivity index (χ0v) is 24.0. The average Bonchev–Trinajstić information content (AvgIpc) is 3.55. The molecule has 214 valence electrons. The zero-order chi connectivity index (χ0) is 29.6. The lowest BCUT2D eigenvalue weighted by molar-refractivity contribution is 0.0691. The van der Waals surface area contributed by atoms with Crippen LogP contribution in [0.15, 0.2) is 77.0 Å². The van der Waals surface area contributed by atoms with Gasteiger partial charge in [0.05, 0.1) is 23.4 Å². The highest BCUT2D eigenvalue weighted by Gasteiger charge is 2.34. The number of aromatic carboxylic acids is 1. The van der Waals surface area contributed by atoms with E-state index in [1.54, 1.807) is 11.8 Å². The summed E-state index contributed by atoms with van der Waals surface area (Å²) in [4.78, 5) is 15.6. The number of hydrogen-bond acceptors (Lipinski definition) is 7. The molecule has 0 saturated heterocycles. The van der Waals surface area contributed by atoms with Gasteiger partial charge in [-0.3, -0.25) is 0 Å². The van der Waals surface area contributed by atoms with Gasteiger partial charge in [-0.1, -0.05) is 36.4 Å². The average molecular weight is 605 g/mol. The molecule has 1 aliphatic carbocycles. The number of ether oxygens (including phenoxy) is 1. The Bertz CT molecular complexity index is 1950. The van der Waals surface area contributed by atoms with E-state index >= 15 is 4.39 Å². The van der Waals surface area contributed by atoms with Crippen LogP contribution in [0.5, 0.6) is 5.75 Å². The number of halogens is 1. The van der Waals surface area contributed by atoms with Gasteiger partial charge in [0.15, 0.2) is 5.69 Å². The first-order chi connectivity index (χ1) is 20.1. The van der Waals surface area contributed by atoms with Crippen molar-refractivity contribution in [3.63, 3.8) is 0 Å². The van der Waals surface area contributed by atoms with Gasteiger partial charge >= 0.3 is 5.97 Å². The molecule has 3 aromatic carbocycles. The van der Waals surface area contributed by atoms with Crippen LogP contribution in [0, 0.1) is 5.82 Å². The summed E-state index contributed by atoms with van der Waals surface area (Å²) in [6.07, 6.45) is 1.91. The molecule has 9 nitrogen and oxygen atoms in total. The number of thiazole rings is 1. The molecule has 0 spiro atoms. The third-order valence-corrected chi connectivity index (χ3v) is 8.87. The van der Waals surface area contributed by atoms with Crippen molar-refractivity contribution in [1.29, 1.82) is 0 Å². The molecule has 0 aliphatic heterocycles. The second-order valence-corrected chi connectivity index (χ2v) is 12.4. The Morgan fingerprint density at radius 2 is 1.81 bits per heavy atom. The van der Waals surface area contributed by atoms with Crippen molar-refractivity contribution >= 4 is 27.3 Å². The standard InChI is InChI=1S/C30H25FN4O5S2/c1-40-22-7-3-5-19(13-22)18-4-2-6-21(12-18)27-24(14-20-10-11-23(15-25(20)31)42(32,38)39)28(17-8-9-17)35(34-27)30-33-26(16-41-30)29(36)37/h2-7,10-13,15-17H,8-9,14H2,1H3,(H,36,37)(H2,32,38,39). The van der Waals surface area contributed by atoms with Gasteiger partial charge < -0.3 is 9.84 Å². The van der Waals surface area contributed by atoms with Crippen LogP contribution in [-0.4, -0.2) is 41.4 Å². The smallest absolute Gasteiger partial charge is 0.355 e. The lowest BCUT2D eigenvalue weighted by atomic mass is 9.95. The first kappa shape index (κ1) is 27.8. The maximum absolute atomic E-state index is 15.3. The molecule has 0 radical (unpaired) electrons. The molecule has 6 rings (SSSR count). The van der Waals surface area contributed by atoms with Gasteiger partial charge in [-0.25, -0.2) is 32.4 Å². The fourth-order valence-corrected chi connectivity index (χ4v) is 6.22. The van der Waals surface area contributed by atoms with Gasteiger partial charge in [0.2, 0.25) is 15.2 Å². The molecule has 1 fully saturated rings. The number of carbonyl (C=O) groups is 1. The van der Waals surface area contributed by atoms with Crippen molar-refractivity contribution in [2.24, 2.45) is 5.14 Å². The summed E-state index contributed by atoms with van der Waals surface area (Å²) in [6, 6.07) is 19.1. The molecule has 0 amide bonds. The molecule has 1 saturated carbocycles. The molecular formula is C30H25FN4O5S2. The Balaban J connectivity index is 1.53. The number of nitrogens with zero attached hydrogens (tertiary/aromatic N) is 3. The highest BCUT2D eigenvalue weighted by atomic mass is 32.2. The molecule has 42 heavy (non-hydrogen) atoms. The lowest BCUT2D eigenvalue weighted by Crippen LogP contribution is -2.12. The molecular weight excluding hydrogens is 579 g/mol. The summed E-state index contributed by atoms with van der Waals surface area (Å²) in [5.74, 6) is -0.988. The van der Waals surface area contributed by atoms with Crippen LogP contribution < -0.4 is 9.88 Å². The number of nitrogens with two attached hydrogens (primary N) is 1. The predicted octanol–water partition coefficient (Wildman–Crippen LogP) is 5.62. The molecule has 12 heteroatoms. The predicted molar refractivity (Wildman–Crippen MR) is 156 cm³/mol. The van der Waals surface area contributed by atoms with Gasteiger partial charge in [0.1, 0.15) is 11.6 Å². The summed E-state index contributed by atoms with van der Waals surface area (Å²) in [7, 11) is -2.46. The minimum absolute atomic E-state index is 0.0833. The van der Waals surface area contributed by atoms with Crippen molar-refractivity contribution in [3.05, 3.63) is 100 Å². The Morgan fingerprint density at radius 1 is 1.10 bits per heavy atom. The van der Waals surface area contributed by atoms with Gasteiger partial charge in [-0.15, -0.1) is 11.3 Å². The maximum atomic E-state index is 15.3. The van der Waals surface area contributed by atoms with E-state index < -0.39 is 21.8 Å². The fraction of sp³-hybridized carbons (Fsp3) is 0.167. The second-order valence-electron chi connectivity index (χ2n) is 10.0. The number of primary sulfonamides is 1. The number of benzene rings is 3. The van der Waals surface area contributed by atoms with E-state index in [2.05, 4.69) is 4.98 Å². The third-order valence-electron chi connectivity index (χ3n) is 7.14. The van der Waals surface area contributed by atoms with Crippen molar-refractivity contribution in [1.82, 2.24) is 14.8 Å². The minimum Gasteiger partial charge on any atom is -0.497 e. The van der Waals surface area contributed by atoms with Crippen LogP contribution in [0.2, 0.25) is 0 Å². The van der Waals surface area contributed by atoms with Crippen molar-refractivity contribution < 1.29 is 27.4 Å². The van der Waals surface area contributed by atoms with E-state index in [0.717, 1.165) is 52.6 Å². The van der Waals surface area contributed by atoms with E-state index in [-0.39, 0.29) is 28.5 Å². The van der Waals surface area contributed by atoms with Crippen molar-refractivity contribution in [3.8, 4) is 33.3 Å². The summed E-state index contributed by atoms with van der Waals surface area (Å²) < 4.78 is 45.9. The molecule has 0 bridgehead atoms. The van der Waals surface area contributed by atoms with Crippen LogP contribution >= 0.6 is 11.3 Å². The van der Waals surface area contributed by atoms with Crippen molar-refractivity contribution in [2.75, 3.05) is 7.11 Å². The highest BCUT2D eigenvalue weighted by molar-refractivity contribution is 7.89.